The molecule has 0 bridgehead atoms. The molecule has 268 valence electrons. The molecule has 0 saturated heterocycles. The monoisotopic (exact) mass is 680 g/mol. The number of hydrogen-bond donors (Lipinski definition) is 2. The van der Waals surface area contributed by atoms with Crippen molar-refractivity contribution in [2.45, 2.75) is 155 Å². The molecule has 0 aromatic rings. The van der Waals surface area contributed by atoms with Crippen LogP contribution in [-0.2, 0) is 28.8 Å². The Bertz CT molecular complexity index is 789. The van der Waals surface area contributed by atoms with Crippen LogP contribution in [0.25, 0.3) is 0 Å². The number of carboxylic acid groups (broad SMARTS) is 4. The summed E-state index contributed by atoms with van der Waals surface area (Å²) in [5.74, 6) is -5.45. The Labute approximate surface area is 298 Å². The fraction of sp³-hybridized carbons (Fsp3) is 0.824. The quantitative estimate of drug-likeness (QED) is 0.0836. The smallest absolute Gasteiger partial charge is 0.548 e. The molecule has 2 amide bonds. The van der Waals surface area contributed by atoms with Crippen LogP contribution in [-0.4, -0.2) is 105 Å². The summed E-state index contributed by atoms with van der Waals surface area (Å²) in [5.41, 5.74) is 0. The SMILES string of the molecule is CCCCCCCCCCCC(=O)N(CCC(=O)O)CC(=O)[O-].CCCCCCCCCCCC(=O)N(CCC(=O)O)CC(=O)[O-].[Mg+2]. The normalized spacial score (nSPS) is 10.3. The number of unbranched alkanes of at least 4 members (excludes halogenated alkanes) is 16. The van der Waals surface area contributed by atoms with Crippen LogP contribution in [0.1, 0.15) is 155 Å². The van der Waals surface area contributed by atoms with Crippen LogP contribution >= 0.6 is 0 Å². The summed E-state index contributed by atoms with van der Waals surface area (Å²) in [7, 11) is 0. The second kappa shape index (κ2) is 34.9. The summed E-state index contributed by atoms with van der Waals surface area (Å²) in [4.78, 5) is 68.3. The Kier molecular flexibility index (Phi) is 36.4. The number of rotatable bonds is 30. The number of nitrogens with zero attached hydrogens (tertiary/aromatic N) is 2. The predicted molar refractivity (Wildman–Crippen MR) is 177 cm³/mol. The van der Waals surface area contributed by atoms with Gasteiger partial charge in [0.2, 0.25) is 11.8 Å². The summed E-state index contributed by atoms with van der Waals surface area (Å²) in [6.45, 7) is 3.14. The zero-order valence-corrected chi connectivity index (χ0v) is 30.6. The Hall–Kier alpha value is -2.41. The van der Waals surface area contributed by atoms with E-state index in [9.17, 15) is 39.0 Å². The van der Waals surface area contributed by atoms with Crippen molar-refractivity contribution in [2.24, 2.45) is 0 Å². The molecule has 0 spiro atoms. The number of carboxylic acids is 4. The topological polar surface area (TPSA) is 195 Å². The van der Waals surface area contributed by atoms with Crippen LogP contribution in [0.5, 0.6) is 0 Å². The van der Waals surface area contributed by atoms with Gasteiger partial charge in [0.15, 0.2) is 0 Å². The standard InChI is InChI=1S/2C17H31NO5.Mg/c2*1-2-3-4-5-6-7-8-9-10-11-15(19)18(14-17(22)23)13-12-16(20)21;/h2*2-14H2,1H3,(H,20,21)(H,22,23);/q;;+2/p-2. The van der Waals surface area contributed by atoms with Crippen LogP contribution in [0.3, 0.4) is 0 Å². The van der Waals surface area contributed by atoms with Crippen LogP contribution < -0.4 is 10.2 Å². The molecule has 0 aliphatic rings. The fourth-order valence-electron chi connectivity index (χ4n) is 4.85. The summed E-state index contributed by atoms with van der Waals surface area (Å²) in [6.07, 6.45) is 20.5. The average molecular weight is 681 g/mol. The minimum absolute atomic E-state index is 0. The molecule has 0 aliphatic heterocycles. The maximum absolute atomic E-state index is 11.9. The van der Waals surface area contributed by atoms with Crippen molar-refractivity contribution in [3.8, 4) is 0 Å². The van der Waals surface area contributed by atoms with Gasteiger partial charge < -0.3 is 39.8 Å². The molecule has 2 N–H and O–H groups in total. The number of hydrogen-bond acceptors (Lipinski definition) is 8. The maximum atomic E-state index is 11.9. The van der Waals surface area contributed by atoms with E-state index in [-0.39, 0.29) is 73.6 Å². The van der Waals surface area contributed by atoms with Crippen molar-refractivity contribution in [2.75, 3.05) is 26.2 Å². The van der Waals surface area contributed by atoms with E-state index in [0.29, 0.717) is 12.8 Å². The van der Waals surface area contributed by atoms with Crippen molar-refractivity contribution < 1.29 is 49.2 Å². The van der Waals surface area contributed by atoms with Crippen LogP contribution in [0.15, 0.2) is 0 Å². The van der Waals surface area contributed by atoms with Gasteiger partial charge in [-0.05, 0) is 12.8 Å². The zero-order valence-electron chi connectivity index (χ0n) is 29.1. The van der Waals surface area contributed by atoms with E-state index in [1.165, 1.54) is 77.0 Å². The predicted octanol–water partition coefficient (Wildman–Crippen LogP) is 3.54. The second-order valence-corrected chi connectivity index (χ2v) is 11.8. The van der Waals surface area contributed by atoms with E-state index >= 15 is 0 Å². The van der Waals surface area contributed by atoms with Crippen molar-refractivity contribution in [3.63, 3.8) is 0 Å². The van der Waals surface area contributed by atoms with Gasteiger partial charge in [0.25, 0.3) is 0 Å². The van der Waals surface area contributed by atoms with Gasteiger partial charge in [-0.1, -0.05) is 117 Å². The molecule has 0 radical (unpaired) electrons. The molecule has 0 unspecified atom stereocenters. The van der Waals surface area contributed by atoms with Gasteiger partial charge in [-0.3, -0.25) is 19.2 Å². The summed E-state index contributed by atoms with van der Waals surface area (Å²) in [6, 6.07) is 0. The Balaban J connectivity index is -0.000000807. The van der Waals surface area contributed by atoms with E-state index in [0.717, 1.165) is 35.5 Å². The molecule has 0 atom stereocenters. The average Bonchev–Trinajstić information content (AvgIpc) is 2.99. The first kappa shape index (κ1) is 49.0. The van der Waals surface area contributed by atoms with Gasteiger partial charge in [0.1, 0.15) is 0 Å². The molecule has 0 aromatic carbocycles. The van der Waals surface area contributed by atoms with Gasteiger partial charge in [0.05, 0.1) is 37.9 Å². The Morgan fingerprint density at radius 3 is 0.936 bits per heavy atom. The summed E-state index contributed by atoms with van der Waals surface area (Å²) in [5, 5.41) is 38.5. The number of carbonyl (C=O) groups is 6. The largest absolute Gasteiger partial charge is 2.00 e. The van der Waals surface area contributed by atoms with Gasteiger partial charge in [-0.2, -0.15) is 0 Å². The second-order valence-electron chi connectivity index (χ2n) is 11.8. The molecule has 0 heterocycles. The minimum Gasteiger partial charge on any atom is -0.548 e. The molecular formula is C34H60MgN2O10. The van der Waals surface area contributed by atoms with E-state index in [1.54, 1.807) is 0 Å². The number of aliphatic carboxylic acids is 4. The maximum Gasteiger partial charge on any atom is 2.00 e. The molecule has 13 heteroatoms. The fourth-order valence-corrected chi connectivity index (χ4v) is 4.85. The third kappa shape index (κ3) is 36.3. The molecular weight excluding hydrogens is 621 g/mol. The van der Waals surface area contributed by atoms with Crippen molar-refractivity contribution in [1.82, 2.24) is 9.80 Å². The zero-order chi connectivity index (χ0) is 35.0. The summed E-state index contributed by atoms with van der Waals surface area (Å²) < 4.78 is 0. The van der Waals surface area contributed by atoms with Crippen LogP contribution in [0, 0.1) is 0 Å². The van der Waals surface area contributed by atoms with E-state index in [4.69, 9.17) is 10.2 Å². The molecule has 0 fully saturated rings. The van der Waals surface area contributed by atoms with Gasteiger partial charge in [0, 0.05) is 25.9 Å². The van der Waals surface area contributed by atoms with Crippen LogP contribution in [0.4, 0.5) is 0 Å². The number of carbonyl (C=O) groups excluding carboxylic acids is 4. The van der Waals surface area contributed by atoms with Crippen molar-refractivity contribution in [1.29, 1.82) is 0 Å². The summed E-state index contributed by atoms with van der Waals surface area (Å²) >= 11 is 0. The van der Waals surface area contributed by atoms with Crippen molar-refractivity contribution >= 4 is 58.7 Å². The van der Waals surface area contributed by atoms with Gasteiger partial charge in [-0.15, -0.1) is 0 Å². The molecule has 0 aromatic heterocycles. The first-order valence-electron chi connectivity index (χ1n) is 17.3. The molecule has 0 rings (SSSR count). The molecule has 0 aliphatic carbocycles. The van der Waals surface area contributed by atoms with E-state index in [2.05, 4.69) is 13.8 Å². The Morgan fingerprint density at radius 1 is 0.447 bits per heavy atom. The first-order chi connectivity index (χ1) is 21.9. The molecule has 0 saturated carbocycles. The van der Waals surface area contributed by atoms with E-state index in [1.807, 2.05) is 0 Å². The van der Waals surface area contributed by atoms with E-state index < -0.39 is 37.0 Å². The Morgan fingerprint density at radius 2 is 0.702 bits per heavy atom. The van der Waals surface area contributed by atoms with Gasteiger partial charge >= 0.3 is 35.0 Å². The number of amides is 2. The molecule has 47 heavy (non-hydrogen) atoms. The van der Waals surface area contributed by atoms with Crippen molar-refractivity contribution in [3.05, 3.63) is 0 Å². The third-order valence-electron chi connectivity index (χ3n) is 7.52. The minimum atomic E-state index is -1.36. The van der Waals surface area contributed by atoms with Gasteiger partial charge in [-0.25, -0.2) is 0 Å². The molecule has 12 nitrogen and oxygen atoms in total. The van der Waals surface area contributed by atoms with Crippen LogP contribution in [0.2, 0.25) is 0 Å². The third-order valence-corrected chi connectivity index (χ3v) is 7.52. The first-order valence-corrected chi connectivity index (χ1v) is 17.3.